The zero-order valence-electron chi connectivity index (χ0n) is 15.1. The van der Waals surface area contributed by atoms with Gasteiger partial charge in [0.1, 0.15) is 17.4 Å². The Balaban J connectivity index is 1.78. The number of thioether (sulfide) groups is 1. The first kappa shape index (κ1) is 20.4. The molecule has 3 aromatic rings. The van der Waals surface area contributed by atoms with Gasteiger partial charge in [0.2, 0.25) is 0 Å². The second-order valence-corrected chi connectivity index (χ2v) is 7.29. The molecule has 1 atom stereocenters. The molecule has 3 rings (SSSR count). The highest BCUT2D eigenvalue weighted by Gasteiger charge is 2.20. The summed E-state index contributed by atoms with van der Waals surface area (Å²) in [4.78, 5) is 0. The highest BCUT2D eigenvalue weighted by Crippen LogP contribution is 2.30. The Labute approximate surface area is 171 Å². The van der Waals surface area contributed by atoms with Crippen LogP contribution in [0.25, 0.3) is 0 Å². The molecule has 1 unspecified atom stereocenters. The van der Waals surface area contributed by atoms with E-state index in [9.17, 15) is 8.78 Å². The molecule has 0 bridgehead atoms. The van der Waals surface area contributed by atoms with Crippen molar-refractivity contribution in [3.63, 3.8) is 0 Å². The molecule has 0 N–H and O–H groups in total. The van der Waals surface area contributed by atoms with E-state index >= 15 is 0 Å². The van der Waals surface area contributed by atoms with Gasteiger partial charge in [0.05, 0.1) is 0 Å². The largest absolute Gasteiger partial charge is 0.483 e. The molecule has 1 aromatic heterocycles. The van der Waals surface area contributed by atoms with E-state index < -0.39 is 6.10 Å². The van der Waals surface area contributed by atoms with Crippen molar-refractivity contribution < 1.29 is 13.5 Å². The quantitative estimate of drug-likeness (QED) is 0.339. The van der Waals surface area contributed by atoms with Gasteiger partial charge >= 0.3 is 0 Å². The summed E-state index contributed by atoms with van der Waals surface area (Å²) in [5.74, 6) is 0.734. The van der Waals surface area contributed by atoms with E-state index in [0.29, 0.717) is 39.6 Å². The van der Waals surface area contributed by atoms with E-state index in [1.165, 1.54) is 30.0 Å². The van der Waals surface area contributed by atoms with Crippen LogP contribution < -0.4 is 4.74 Å². The van der Waals surface area contributed by atoms with Crippen molar-refractivity contribution in [2.75, 3.05) is 0 Å². The maximum absolute atomic E-state index is 14.0. The Morgan fingerprint density at radius 1 is 1.21 bits per heavy atom. The van der Waals surface area contributed by atoms with Gasteiger partial charge in [-0.2, -0.15) is 0 Å². The fourth-order valence-corrected chi connectivity index (χ4v) is 3.88. The molecule has 0 radical (unpaired) electrons. The molecule has 0 saturated heterocycles. The van der Waals surface area contributed by atoms with Crippen molar-refractivity contribution in [2.24, 2.45) is 0 Å². The molecule has 146 valence electrons. The molecule has 28 heavy (non-hydrogen) atoms. The first-order chi connectivity index (χ1) is 13.5. The van der Waals surface area contributed by atoms with Gasteiger partial charge < -0.3 is 4.74 Å². The molecule has 0 spiro atoms. The highest BCUT2D eigenvalue weighted by atomic mass is 35.5. The molecule has 2 aromatic carbocycles. The van der Waals surface area contributed by atoms with E-state index in [4.69, 9.17) is 16.3 Å². The molecule has 0 aliphatic rings. The van der Waals surface area contributed by atoms with E-state index in [2.05, 4.69) is 16.8 Å². The molecule has 8 heteroatoms. The second kappa shape index (κ2) is 9.21. The number of benzene rings is 2. The standard InChI is InChI=1S/C20H18ClF2N3OS/c1-3-11-26-19(13(2)27-15-9-7-14(22)8-10-15)24-25-20(26)28-12-16-17(21)5-4-6-18(16)23/h3-10,13H,1,11-12H2,2H3. The molecule has 4 nitrogen and oxygen atoms in total. The van der Waals surface area contributed by atoms with Crippen molar-refractivity contribution in [1.82, 2.24) is 14.8 Å². The number of nitrogens with zero attached hydrogens (tertiary/aromatic N) is 3. The van der Waals surface area contributed by atoms with E-state index in [0.717, 1.165) is 0 Å². The van der Waals surface area contributed by atoms with E-state index in [1.54, 1.807) is 30.3 Å². The molecular formula is C20H18ClF2N3OS. The third-order valence-corrected chi connectivity index (χ3v) is 5.30. The zero-order chi connectivity index (χ0) is 20.1. The highest BCUT2D eigenvalue weighted by molar-refractivity contribution is 7.98. The first-order valence-electron chi connectivity index (χ1n) is 8.51. The molecule has 0 amide bonds. The van der Waals surface area contributed by atoms with Crippen LogP contribution in [0.5, 0.6) is 5.75 Å². The summed E-state index contributed by atoms with van der Waals surface area (Å²) in [7, 11) is 0. The van der Waals surface area contributed by atoms with E-state index in [1.807, 2.05) is 11.5 Å². The summed E-state index contributed by atoms with van der Waals surface area (Å²) in [5.41, 5.74) is 0.416. The van der Waals surface area contributed by atoms with Crippen molar-refractivity contribution >= 4 is 23.4 Å². The van der Waals surface area contributed by atoms with Crippen LogP contribution in [0.3, 0.4) is 0 Å². The van der Waals surface area contributed by atoms with Crippen LogP contribution in [0.15, 0.2) is 60.3 Å². The third-order valence-electron chi connectivity index (χ3n) is 3.95. The maximum Gasteiger partial charge on any atom is 0.191 e. The lowest BCUT2D eigenvalue weighted by atomic mass is 10.2. The summed E-state index contributed by atoms with van der Waals surface area (Å²) in [6.07, 6.45) is 1.29. The summed E-state index contributed by atoms with van der Waals surface area (Å²) < 4.78 is 34.8. The fourth-order valence-electron chi connectivity index (χ4n) is 2.59. The van der Waals surface area contributed by atoms with Gasteiger partial charge in [-0.25, -0.2) is 8.78 Å². The lowest BCUT2D eigenvalue weighted by Crippen LogP contribution is -2.12. The van der Waals surface area contributed by atoms with Gasteiger partial charge in [0.25, 0.3) is 0 Å². The summed E-state index contributed by atoms with van der Waals surface area (Å²) in [5, 5.41) is 9.40. The Morgan fingerprint density at radius 2 is 1.96 bits per heavy atom. The average Bonchev–Trinajstić information content (AvgIpc) is 3.06. The van der Waals surface area contributed by atoms with Crippen LogP contribution in [-0.4, -0.2) is 14.8 Å². The molecule has 0 aliphatic heterocycles. The summed E-state index contributed by atoms with van der Waals surface area (Å²) >= 11 is 7.42. The lowest BCUT2D eigenvalue weighted by molar-refractivity contribution is 0.210. The van der Waals surface area contributed by atoms with Crippen LogP contribution in [0.4, 0.5) is 8.78 Å². The van der Waals surface area contributed by atoms with Crippen LogP contribution >= 0.6 is 23.4 Å². The van der Waals surface area contributed by atoms with Crippen LogP contribution in [0, 0.1) is 11.6 Å². The van der Waals surface area contributed by atoms with Gasteiger partial charge in [-0.15, -0.1) is 16.8 Å². The lowest BCUT2D eigenvalue weighted by Gasteiger charge is -2.15. The molecule has 0 fully saturated rings. The number of hydrogen-bond donors (Lipinski definition) is 0. The Bertz CT molecular complexity index is 942. The van der Waals surface area contributed by atoms with Gasteiger partial charge in [0, 0.05) is 22.9 Å². The van der Waals surface area contributed by atoms with Crippen molar-refractivity contribution in [3.05, 3.63) is 83.2 Å². The summed E-state index contributed by atoms with van der Waals surface area (Å²) in [6, 6.07) is 10.4. The van der Waals surface area contributed by atoms with Gasteiger partial charge in [-0.1, -0.05) is 35.5 Å². The Kier molecular flexibility index (Phi) is 6.70. The number of allylic oxidation sites excluding steroid dienone is 1. The Hall–Kier alpha value is -2.38. The smallest absolute Gasteiger partial charge is 0.191 e. The monoisotopic (exact) mass is 421 g/mol. The average molecular weight is 422 g/mol. The minimum absolute atomic E-state index is 0.313. The topological polar surface area (TPSA) is 39.9 Å². The first-order valence-corrected chi connectivity index (χ1v) is 9.88. The third kappa shape index (κ3) is 4.72. The predicted molar refractivity (Wildman–Crippen MR) is 107 cm³/mol. The normalized spacial score (nSPS) is 12.0. The second-order valence-electron chi connectivity index (χ2n) is 5.94. The van der Waals surface area contributed by atoms with Gasteiger partial charge in [-0.3, -0.25) is 4.57 Å². The minimum Gasteiger partial charge on any atom is -0.483 e. The number of halogens is 3. The molecule has 1 heterocycles. The van der Waals surface area contributed by atoms with Crippen LogP contribution in [-0.2, 0) is 12.3 Å². The maximum atomic E-state index is 14.0. The SMILES string of the molecule is C=CCn1c(SCc2c(F)cccc2Cl)nnc1C(C)Oc1ccc(F)cc1. The number of hydrogen-bond acceptors (Lipinski definition) is 4. The number of ether oxygens (including phenoxy) is 1. The van der Waals surface area contributed by atoms with Crippen molar-refractivity contribution in [1.29, 1.82) is 0 Å². The van der Waals surface area contributed by atoms with E-state index in [-0.39, 0.29) is 11.6 Å². The molecule has 0 saturated carbocycles. The minimum atomic E-state index is -0.427. The number of rotatable bonds is 8. The summed E-state index contributed by atoms with van der Waals surface area (Å²) in [6.45, 7) is 6.06. The molecular weight excluding hydrogens is 404 g/mol. The Morgan fingerprint density at radius 3 is 2.64 bits per heavy atom. The van der Waals surface area contributed by atoms with Crippen molar-refractivity contribution in [3.8, 4) is 5.75 Å². The fraction of sp³-hybridized carbons (Fsp3) is 0.200. The van der Waals surface area contributed by atoms with Gasteiger partial charge in [0.15, 0.2) is 17.1 Å². The van der Waals surface area contributed by atoms with Crippen LogP contribution in [0.1, 0.15) is 24.4 Å². The zero-order valence-corrected chi connectivity index (χ0v) is 16.7. The predicted octanol–water partition coefficient (Wildman–Crippen LogP) is 5.83. The van der Waals surface area contributed by atoms with Crippen LogP contribution in [0.2, 0.25) is 5.02 Å². The number of aromatic nitrogens is 3. The molecule has 0 aliphatic carbocycles. The van der Waals surface area contributed by atoms with Gasteiger partial charge in [-0.05, 0) is 43.3 Å². The van der Waals surface area contributed by atoms with Crippen molar-refractivity contribution in [2.45, 2.75) is 30.5 Å².